The second-order valence-corrected chi connectivity index (χ2v) is 5.61. The second kappa shape index (κ2) is 10.4. The van der Waals surface area contributed by atoms with E-state index in [1.54, 1.807) is 25.2 Å². The van der Waals surface area contributed by atoms with Crippen molar-refractivity contribution in [3.05, 3.63) is 28.8 Å². The molecule has 5 nitrogen and oxygen atoms in total. The number of amides is 2. The molecule has 7 heteroatoms. The summed E-state index contributed by atoms with van der Waals surface area (Å²) in [5.41, 5.74) is 0.993. The number of hydrogen-bond acceptors (Lipinski definition) is 3. The van der Waals surface area contributed by atoms with Crippen molar-refractivity contribution in [1.29, 1.82) is 0 Å². The van der Waals surface area contributed by atoms with Crippen molar-refractivity contribution in [3.63, 3.8) is 0 Å². The summed E-state index contributed by atoms with van der Waals surface area (Å²) in [5.74, 6) is 0.0673. The first kappa shape index (κ1) is 20.7. The average molecular weight is 348 g/mol. The minimum atomic E-state index is -0.207. The van der Waals surface area contributed by atoms with Gasteiger partial charge < -0.3 is 16.0 Å². The third-order valence-electron chi connectivity index (χ3n) is 2.77. The maximum Gasteiger partial charge on any atom is 0.252 e. The van der Waals surface area contributed by atoms with E-state index in [4.69, 9.17) is 11.6 Å². The number of nitrogens with one attached hydrogen (secondary N) is 3. The number of benzene rings is 1. The maximum absolute atomic E-state index is 12.0. The van der Waals surface area contributed by atoms with Crippen molar-refractivity contribution in [3.8, 4) is 0 Å². The Balaban J connectivity index is 0.00000441. The Morgan fingerprint density at radius 2 is 1.95 bits per heavy atom. The van der Waals surface area contributed by atoms with Crippen molar-refractivity contribution in [1.82, 2.24) is 10.6 Å². The van der Waals surface area contributed by atoms with E-state index in [-0.39, 0.29) is 24.2 Å². The monoisotopic (exact) mass is 347 g/mol. The number of carbonyl (C=O) groups is 2. The largest absolute Gasteiger partial charge is 0.352 e. The molecule has 0 aromatic heterocycles. The molecular weight excluding hydrogens is 325 g/mol. The first-order chi connectivity index (χ1) is 9.93. The summed E-state index contributed by atoms with van der Waals surface area (Å²) in [5, 5.41) is 8.77. The Labute approximate surface area is 142 Å². The highest BCUT2D eigenvalue weighted by Crippen LogP contribution is 2.21. The van der Waals surface area contributed by atoms with Crippen LogP contribution in [0.1, 0.15) is 30.6 Å². The maximum atomic E-state index is 12.0. The van der Waals surface area contributed by atoms with Crippen molar-refractivity contribution < 1.29 is 9.59 Å². The van der Waals surface area contributed by atoms with E-state index < -0.39 is 0 Å². The molecule has 0 unspecified atom stereocenters. The highest BCUT2D eigenvalue weighted by Gasteiger charge is 2.12. The Morgan fingerprint density at radius 1 is 1.27 bits per heavy atom. The Morgan fingerprint density at radius 3 is 2.50 bits per heavy atom. The molecule has 1 aromatic rings. The lowest BCUT2D eigenvalue weighted by Gasteiger charge is -2.10. The zero-order chi connectivity index (χ0) is 15.8. The number of halogens is 2. The van der Waals surface area contributed by atoms with Gasteiger partial charge in [-0.05, 0) is 31.2 Å². The van der Waals surface area contributed by atoms with Crippen LogP contribution in [0.15, 0.2) is 18.2 Å². The average Bonchev–Trinajstić information content (AvgIpc) is 2.42. The zero-order valence-electron chi connectivity index (χ0n) is 13.0. The molecule has 0 aliphatic rings. The summed E-state index contributed by atoms with van der Waals surface area (Å²) in [6.07, 6.45) is 0.380. The fraction of sp³-hybridized carbons (Fsp3) is 0.467. The standard InChI is InChI=1S/C15H22ClN3O2.ClH/c1-10(2)9-18-15(21)12-5-4-11(8-13(12)16)19-14(20)6-7-17-3;/h4-5,8,10,17H,6-7,9H2,1-3H3,(H,18,21)(H,19,20);1H. The quantitative estimate of drug-likeness (QED) is 0.710. The molecule has 0 bridgehead atoms. The molecule has 1 aromatic carbocycles. The Hall–Kier alpha value is -1.30. The van der Waals surface area contributed by atoms with E-state index in [1.165, 1.54) is 0 Å². The fourth-order valence-corrected chi connectivity index (χ4v) is 1.90. The zero-order valence-corrected chi connectivity index (χ0v) is 14.6. The van der Waals surface area contributed by atoms with Gasteiger partial charge in [0.2, 0.25) is 5.91 Å². The van der Waals surface area contributed by atoms with Crippen LogP contribution >= 0.6 is 24.0 Å². The molecule has 0 radical (unpaired) electrons. The van der Waals surface area contributed by atoms with Gasteiger partial charge in [0, 0.05) is 25.2 Å². The summed E-state index contributed by atoms with van der Waals surface area (Å²) in [4.78, 5) is 23.6. The predicted molar refractivity (Wildman–Crippen MR) is 93.0 cm³/mol. The second-order valence-electron chi connectivity index (χ2n) is 5.20. The van der Waals surface area contributed by atoms with E-state index >= 15 is 0 Å². The molecule has 3 N–H and O–H groups in total. The molecule has 124 valence electrons. The number of carbonyl (C=O) groups excluding carboxylic acids is 2. The molecule has 0 spiro atoms. The third kappa shape index (κ3) is 7.11. The molecule has 0 aliphatic carbocycles. The summed E-state index contributed by atoms with van der Waals surface area (Å²) < 4.78 is 0. The Kier molecular flexibility index (Phi) is 9.81. The van der Waals surface area contributed by atoms with Gasteiger partial charge in [-0.3, -0.25) is 9.59 Å². The first-order valence-corrected chi connectivity index (χ1v) is 7.34. The fourth-order valence-electron chi connectivity index (χ4n) is 1.63. The Bertz CT molecular complexity index is 508. The van der Waals surface area contributed by atoms with Crippen LogP contribution in [0.5, 0.6) is 0 Å². The molecule has 0 heterocycles. The molecule has 0 aliphatic heterocycles. The van der Waals surface area contributed by atoms with Crippen molar-refractivity contribution in [2.24, 2.45) is 5.92 Å². The molecule has 2 amide bonds. The molecule has 0 saturated heterocycles. The summed E-state index contributed by atoms with van der Waals surface area (Å²) in [6.45, 7) is 5.24. The van der Waals surface area contributed by atoms with Gasteiger partial charge in [-0.25, -0.2) is 0 Å². The topological polar surface area (TPSA) is 70.2 Å². The number of hydrogen-bond donors (Lipinski definition) is 3. The summed E-state index contributed by atoms with van der Waals surface area (Å²) >= 11 is 6.10. The van der Waals surface area contributed by atoms with Crippen LogP contribution in [0, 0.1) is 5.92 Å². The van der Waals surface area contributed by atoms with Crippen LogP contribution in [0.4, 0.5) is 5.69 Å². The van der Waals surface area contributed by atoms with Crippen molar-refractivity contribution in [2.75, 3.05) is 25.5 Å². The third-order valence-corrected chi connectivity index (χ3v) is 3.08. The summed E-state index contributed by atoms with van der Waals surface area (Å²) in [6, 6.07) is 4.88. The molecule has 1 rings (SSSR count). The van der Waals surface area contributed by atoms with Gasteiger partial charge in [0.1, 0.15) is 0 Å². The first-order valence-electron chi connectivity index (χ1n) is 6.96. The summed E-state index contributed by atoms with van der Waals surface area (Å²) in [7, 11) is 1.79. The van der Waals surface area contributed by atoms with Crippen LogP contribution < -0.4 is 16.0 Å². The van der Waals surface area contributed by atoms with Gasteiger partial charge in [-0.2, -0.15) is 0 Å². The minimum Gasteiger partial charge on any atom is -0.352 e. The van der Waals surface area contributed by atoms with Crippen LogP contribution in [0.25, 0.3) is 0 Å². The van der Waals surface area contributed by atoms with Crippen LogP contribution in [0.2, 0.25) is 5.02 Å². The number of anilines is 1. The normalized spacial score (nSPS) is 10.0. The molecule has 0 fully saturated rings. The van der Waals surface area contributed by atoms with Crippen LogP contribution in [-0.4, -0.2) is 32.0 Å². The van der Waals surface area contributed by atoms with Crippen molar-refractivity contribution >= 4 is 41.5 Å². The van der Waals surface area contributed by atoms with E-state index in [1.807, 2.05) is 13.8 Å². The van der Waals surface area contributed by atoms with Gasteiger partial charge in [-0.15, -0.1) is 12.4 Å². The van der Waals surface area contributed by atoms with Gasteiger partial charge >= 0.3 is 0 Å². The van der Waals surface area contributed by atoms with E-state index in [0.717, 1.165) is 0 Å². The van der Waals surface area contributed by atoms with Gasteiger partial charge in [0.25, 0.3) is 5.91 Å². The number of rotatable bonds is 7. The van der Waals surface area contributed by atoms with E-state index in [2.05, 4.69) is 16.0 Å². The highest BCUT2D eigenvalue weighted by atomic mass is 35.5. The molecule has 0 saturated carbocycles. The molecule has 22 heavy (non-hydrogen) atoms. The molecule has 0 atom stereocenters. The highest BCUT2D eigenvalue weighted by molar-refractivity contribution is 6.34. The van der Waals surface area contributed by atoms with Crippen LogP contribution in [-0.2, 0) is 4.79 Å². The van der Waals surface area contributed by atoms with E-state index in [0.29, 0.717) is 41.7 Å². The lowest BCUT2D eigenvalue weighted by molar-refractivity contribution is -0.116. The lowest BCUT2D eigenvalue weighted by atomic mass is 10.1. The molecular formula is C15H23Cl2N3O2. The minimum absolute atomic E-state index is 0. The van der Waals surface area contributed by atoms with Crippen molar-refractivity contribution in [2.45, 2.75) is 20.3 Å². The lowest BCUT2D eigenvalue weighted by Crippen LogP contribution is -2.27. The van der Waals surface area contributed by atoms with Gasteiger partial charge in [-0.1, -0.05) is 25.4 Å². The SMILES string of the molecule is CNCCC(=O)Nc1ccc(C(=O)NCC(C)C)c(Cl)c1.Cl. The smallest absolute Gasteiger partial charge is 0.252 e. The van der Waals surface area contributed by atoms with Gasteiger partial charge in [0.05, 0.1) is 10.6 Å². The predicted octanol–water partition coefficient (Wildman–Crippen LogP) is 2.70. The van der Waals surface area contributed by atoms with Crippen LogP contribution in [0.3, 0.4) is 0 Å². The van der Waals surface area contributed by atoms with Gasteiger partial charge in [0.15, 0.2) is 0 Å². The van der Waals surface area contributed by atoms with E-state index in [9.17, 15) is 9.59 Å².